The highest BCUT2D eigenvalue weighted by molar-refractivity contribution is 5.93. The van der Waals surface area contributed by atoms with Crippen molar-refractivity contribution < 1.29 is 4.79 Å². The quantitative estimate of drug-likeness (QED) is 0.869. The number of carbonyl (C=O) groups excluding carboxylic acids is 1. The third-order valence-electron chi connectivity index (χ3n) is 4.38. The van der Waals surface area contributed by atoms with Crippen LogP contribution in [0.5, 0.6) is 0 Å². The van der Waals surface area contributed by atoms with E-state index in [1.54, 1.807) is 0 Å². The maximum atomic E-state index is 12.6. The maximum Gasteiger partial charge on any atom is 0.274 e. The molecule has 0 aromatic carbocycles. The van der Waals surface area contributed by atoms with Gasteiger partial charge in [0.1, 0.15) is 11.3 Å². The number of unbranched alkanes of at least 4 members (excludes halogenated alkanes) is 1. The van der Waals surface area contributed by atoms with Gasteiger partial charge < -0.3 is 9.30 Å². The summed E-state index contributed by atoms with van der Waals surface area (Å²) in [5.74, 6) is 0.0539. The summed E-state index contributed by atoms with van der Waals surface area (Å²) in [7, 11) is 0. The third-order valence-corrected chi connectivity index (χ3v) is 4.38. The van der Waals surface area contributed by atoms with Crippen LogP contribution in [0.4, 0.5) is 0 Å². The van der Waals surface area contributed by atoms with Crippen LogP contribution >= 0.6 is 0 Å². The molecule has 1 aliphatic rings. The van der Waals surface area contributed by atoms with E-state index in [9.17, 15) is 4.79 Å². The minimum absolute atomic E-state index is 0.0539. The number of carbonyl (C=O) groups is 1. The zero-order valence-corrected chi connectivity index (χ0v) is 13.5. The lowest BCUT2D eigenvalue weighted by Crippen LogP contribution is -2.48. The van der Waals surface area contributed by atoms with E-state index < -0.39 is 0 Å². The van der Waals surface area contributed by atoms with E-state index in [0.29, 0.717) is 5.69 Å². The smallest absolute Gasteiger partial charge is 0.274 e. The van der Waals surface area contributed by atoms with Gasteiger partial charge in [-0.05, 0) is 31.5 Å². The van der Waals surface area contributed by atoms with Gasteiger partial charge in [0.25, 0.3) is 5.91 Å². The predicted octanol–water partition coefficient (Wildman–Crippen LogP) is 2.20. The van der Waals surface area contributed by atoms with Crippen molar-refractivity contribution in [3.8, 4) is 0 Å². The van der Waals surface area contributed by atoms with E-state index in [0.717, 1.165) is 43.9 Å². The second-order valence-corrected chi connectivity index (χ2v) is 6.04. The Morgan fingerprint density at radius 3 is 2.73 bits per heavy atom. The molecule has 3 rings (SSSR count). The molecule has 2 aromatic rings. The number of aryl methyl sites for hydroxylation is 1. The number of amides is 1. The molecule has 1 amide bonds. The second-order valence-electron chi connectivity index (χ2n) is 6.04. The molecule has 22 heavy (non-hydrogen) atoms. The van der Waals surface area contributed by atoms with Crippen molar-refractivity contribution in [1.82, 2.24) is 19.2 Å². The highest BCUT2D eigenvalue weighted by Crippen LogP contribution is 2.13. The lowest BCUT2D eigenvalue weighted by atomic mass is 10.2. The molecular weight excluding hydrogens is 276 g/mol. The summed E-state index contributed by atoms with van der Waals surface area (Å²) in [6, 6.07) is 3.99. The van der Waals surface area contributed by atoms with E-state index in [2.05, 4.69) is 16.8 Å². The van der Waals surface area contributed by atoms with Gasteiger partial charge in [-0.15, -0.1) is 0 Å². The van der Waals surface area contributed by atoms with Crippen LogP contribution in [0.2, 0.25) is 0 Å². The number of pyridine rings is 1. The van der Waals surface area contributed by atoms with Crippen LogP contribution in [0, 0.1) is 6.92 Å². The summed E-state index contributed by atoms with van der Waals surface area (Å²) in [6.07, 6.45) is 6.24. The minimum atomic E-state index is 0.0539. The Labute approximate surface area is 131 Å². The summed E-state index contributed by atoms with van der Waals surface area (Å²) < 4.78 is 1.93. The Kier molecular flexibility index (Phi) is 4.43. The fraction of sp³-hybridized carbons (Fsp3) is 0.529. The molecule has 0 radical (unpaired) electrons. The molecule has 5 nitrogen and oxygen atoms in total. The highest BCUT2D eigenvalue weighted by atomic mass is 16.2. The van der Waals surface area contributed by atoms with Crippen LogP contribution in [0.15, 0.2) is 24.5 Å². The molecule has 1 aliphatic heterocycles. The first-order valence-corrected chi connectivity index (χ1v) is 8.15. The summed E-state index contributed by atoms with van der Waals surface area (Å²) >= 11 is 0. The van der Waals surface area contributed by atoms with Gasteiger partial charge in [-0.25, -0.2) is 4.98 Å². The molecule has 0 atom stereocenters. The number of nitrogens with zero attached hydrogens (tertiary/aromatic N) is 4. The minimum Gasteiger partial charge on any atom is -0.335 e. The first-order chi connectivity index (χ1) is 10.7. The molecule has 1 saturated heterocycles. The van der Waals surface area contributed by atoms with Crippen LogP contribution in [-0.4, -0.2) is 57.8 Å². The number of piperazine rings is 1. The third kappa shape index (κ3) is 2.99. The summed E-state index contributed by atoms with van der Waals surface area (Å²) in [6.45, 7) is 8.92. The van der Waals surface area contributed by atoms with Gasteiger partial charge in [0, 0.05) is 38.6 Å². The number of hydrogen-bond donors (Lipinski definition) is 0. The van der Waals surface area contributed by atoms with Gasteiger partial charge in [-0.1, -0.05) is 19.4 Å². The molecule has 0 unspecified atom stereocenters. The number of aromatic nitrogens is 2. The number of fused-ring (bicyclic) bond motifs is 1. The molecule has 0 spiro atoms. The molecule has 0 N–H and O–H groups in total. The Hall–Kier alpha value is -1.88. The van der Waals surface area contributed by atoms with Crippen LogP contribution in [0.25, 0.3) is 5.65 Å². The van der Waals surface area contributed by atoms with Crippen molar-refractivity contribution in [2.45, 2.75) is 26.7 Å². The Bertz CT molecular complexity index is 656. The van der Waals surface area contributed by atoms with Crippen molar-refractivity contribution in [2.24, 2.45) is 0 Å². The van der Waals surface area contributed by atoms with Gasteiger partial charge in [0.15, 0.2) is 0 Å². The van der Waals surface area contributed by atoms with Crippen molar-refractivity contribution in [2.75, 3.05) is 32.7 Å². The number of imidazole rings is 1. The molecule has 5 heteroatoms. The molecule has 0 aliphatic carbocycles. The van der Waals surface area contributed by atoms with Gasteiger partial charge in [-0.2, -0.15) is 0 Å². The lowest BCUT2D eigenvalue weighted by Gasteiger charge is -2.34. The van der Waals surface area contributed by atoms with E-state index in [4.69, 9.17) is 0 Å². The van der Waals surface area contributed by atoms with Crippen LogP contribution in [0.3, 0.4) is 0 Å². The average molecular weight is 300 g/mol. The van der Waals surface area contributed by atoms with Gasteiger partial charge in [0.2, 0.25) is 0 Å². The summed E-state index contributed by atoms with van der Waals surface area (Å²) in [5.41, 5.74) is 2.51. The highest BCUT2D eigenvalue weighted by Gasteiger charge is 2.23. The van der Waals surface area contributed by atoms with Crippen molar-refractivity contribution in [3.05, 3.63) is 35.8 Å². The molecule has 118 valence electrons. The first kappa shape index (κ1) is 15.0. The molecule has 3 heterocycles. The number of rotatable bonds is 4. The van der Waals surface area contributed by atoms with E-state index >= 15 is 0 Å². The Balaban J connectivity index is 1.67. The molecule has 1 fully saturated rings. The van der Waals surface area contributed by atoms with Gasteiger partial charge in [0.05, 0.1) is 0 Å². The maximum absolute atomic E-state index is 12.6. The van der Waals surface area contributed by atoms with Crippen molar-refractivity contribution >= 4 is 11.6 Å². The summed E-state index contributed by atoms with van der Waals surface area (Å²) in [4.78, 5) is 21.5. The van der Waals surface area contributed by atoms with Crippen molar-refractivity contribution in [3.63, 3.8) is 0 Å². The van der Waals surface area contributed by atoms with E-state index in [-0.39, 0.29) is 5.91 Å². The largest absolute Gasteiger partial charge is 0.335 e. The van der Waals surface area contributed by atoms with Crippen LogP contribution in [-0.2, 0) is 0 Å². The van der Waals surface area contributed by atoms with Crippen LogP contribution < -0.4 is 0 Å². The topological polar surface area (TPSA) is 40.9 Å². The molecule has 0 bridgehead atoms. The fourth-order valence-electron chi connectivity index (χ4n) is 2.97. The normalized spacial score (nSPS) is 16.4. The van der Waals surface area contributed by atoms with Crippen LogP contribution in [0.1, 0.15) is 35.8 Å². The Morgan fingerprint density at radius 1 is 1.27 bits per heavy atom. The standard InChI is InChI=1S/C17H24N4O/c1-3-4-7-19-9-11-20(12-10-19)17(22)15-13-21-8-5-6-14(2)16(21)18-15/h5-6,8,13H,3-4,7,9-12H2,1-2H3. The Morgan fingerprint density at radius 2 is 2.05 bits per heavy atom. The van der Waals surface area contributed by atoms with E-state index in [1.165, 1.54) is 12.8 Å². The number of hydrogen-bond acceptors (Lipinski definition) is 3. The first-order valence-electron chi connectivity index (χ1n) is 8.15. The predicted molar refractivity (Wildman–Crippen MR) is 87.2 cm³/mol. The molecule has 0 saturated carbocycles. The fourth-order valence-corrected chi connectivity index (χ4v) is 2.97. The van der Waals surface area contributed by atoms with Gasteiger partial charge >= 0.3 is 0 Å². The zero-order chi connectivity index (χ0) is 15.5. The molecule has 2 aromatic heterocycles. The summed E-state index contributed by atoms with van der Waals surface area (Å²) in [5, 5.41) is 0. The van der Waals surface area contributed by atoms with Gasteiger partial charge in [-0.3, -0.25) is 9.69 Å². The molecular formula is C17H24N4O. The van der Waals surface area contributed by atoms with E-state index in [1.807, 2.05) is 40.8 Å². The SMILES string of the molecule is CCCCN1CCN(C(=O)c2cn3cccc(C)c3n2)CC1. The lowest BCUT2D eigenvalue weighted by molar-refractivity contribution is 0.0630. The second kappa shape index (κ2) is 6.48. The average Bonchev–Trinajstić information content (AvgIpc) is 2.98. The monoisotopic (exact) mass is 300 g/mol. The zero-order valence-electron chi connectivity index (χ0n) is 13.5. The van der Waals surface area contributed by atoms with Crippen molar-refractivity contribution in [1.29, 1.82) is 0 Å².